The van der Waals surface area contributed by atoms with Crippen molar-refractivity contribution in [1.29, 1.82) is 0 Å². The van der Waals surface area contributed by atoms with Crippen LogP contribution in [0.3, 0.4) is 0 Å². The Morgan fingerprint density at radius 1 is 1.20 bits per heavy atom. The highest BCUT2D eigenvalue weighted by Crippen LogP contribution is 2.20. The molecule has 2 heterocycles. The number of nitrogens with one attached hydrogen (secondary N) is 2. The summed E-state index contributed by atoms with van der Waals surface area (Å²) in [5.41, 5.74) is 2.68. The van der Waals surface area contributed by atoms with Crippen LogP contribution in [0.15, 0.2) is 61.2 Å². The van der Waals surface area contributed by atoms with Gasteiger partial charge in [-0.3, -0.25) is 4.79 Å². The Morgan fingerprint density at radius 2 is 2.08 bits per heavy atom. The van der Waals surface area contributed by atoms with Crippen molar-refractivity contribution in [2.75, 3.05) is 5.32 Å². The molecule has 0 unspecified atom stereocenters. The lowest BCUT2D eigenvalue weighted by Crippen LogP contribution is -2.14. The topological polar surface area (TPSA) is 75.6 Å². The van der Waals surface area contributed by atoms with Gasteiger partial charge in [-0.1, -0.05) is 18.2 Å². The van der Waals surface area contributed by atoms with Crippen LogP contribution in [0.4, 0.5) is 10.1 Å². The van der Waals surface area contributed by atoms with Gasteiger partial charge in [0.15, 0.2) is 0 Å². The van der Waals surface area contributed by atoms with Gasteiger partial charge in [0.2, 0.25) is 0 Å². The number of aromatic nitrogens is 4. The van der Waals surface area contributed by atoms with Crippen molar-refractivity contribution >= 4 is 22.5 Å². The Hall–Kier alpha value is -3.48. The van der Waals surface area contributed by atoms with Gasteiger partial charge in [-0.25, -0.2) is 14.1 Å². The second kappa shape index (κ2) is 6.20. The summed E-state index contributed by atoms with van der Waals surface area (Å²) in [4.78, 5) is 19.5. The van der Waals surface area contributed by atoms with Gasteiger partial charge in [0.05, 0.1) is 6.54 Å². The first-order chi connectivity index (χ1) is 12.2. The van der Waals surface area contributed by atoms with Gasteiger partial charge >= 0.3 is 0 Å². The molecule has 2 aromatic carbocycles. The molecule has 4 rings (SSSR count). The minimum Gasteiger partial charge on any atom is -0.351 e. The Labute approximate surface area is 142 Å². The van der Waals surface area contributed by atoms with E-state index in [4.69, 9.17) is 0 Å². The average Bonchev–Trinajstić information content (AvgIpc) is 3.25. The van der Waals surface area contributed by atoms with E-state index in [1.54, 1.807) is 23.1 Å². The van der Waals surface area contributed by atoms with E-state index >= 15 is 0 Å². The smallest absolute Gasteiger partial charge is 0.272 e. The van der Waals surface area contributed by atoms with E-state index < -0.39 is 0 Å². The van der Waals surface area contributed by atoms with Crippen LogP contribution in [0.25, 0.3) is 10.9 Å². The maximum atomic E-state index is 13.3. The zero-order valence-electron chi connectivity index (χ0n) is 13.1. The number of hydrogen-bond donors (Lipinski definition) is 2. The number of fused-ring (bicyclic) bond motifs is 1. The van der Waals surface area contributed by atoms with Gasteiger partial charge < -0.3 is 10.3 Å². The molecule has 6 nitrogen and oxygen atoms in total. The van der Waals surface area contributed by atoms with Crippen molar-refractivity contribution in [2.45, 2.75) is 6.54 Å². The number of amides is 1. The first kappa shape index (κ1) is 15.1. The fourth-order valence-corrected chi connectivity index (χ4v) is 2.68. The fourth-order valence-electron chi connectivity index (χ4n) is 2.68. The summed E-state index contributed by atoms with van der Waals surface area (Å²) < 4.78 is 15.0. The van der Waals surface area contributed by atoms with Crippen LogP contribution in [0.1, 0.15) is 16.1 Å². The molecule has 2 aromatic heterocycles. The molecular weight excluding hydrogens is 321 g/mol. The molecule has 4 aromatic rings. The summed E-state index contributed by atoms with van der Waals surface area (Å²) in [7, 11) is 0. The van der Waals surface area contributed by atoms with E-state index in [1.165, 1.54) is 18.5 Å². The molecule has 25 heavy (non-hydrogen) atoms. The summed E-state index contributed by atoms with van der Waals surface area (Å²) in [6.45, 7) is 0.494. The largest absolute Gasteiger partial charge is 0.351 e. The van der Waals surface area contributed by atoms with E-state index in [2.05, 4.69) is 20.4 Å². The molecule has 2 N–H and O–H groups in total. The number of carbonyl (C=O) groups excluding carboxylic acids is 1. The second-order valence-electron chi connectivity index (χ2n) is 5.62. The van der Waals surface area contributed by atoms with Crippen LogP contribution in [-0.4, -0.2) is 25.7 Å². The Kier molecular flexibility index (Phi) is 3.74. The monoisotopic (exact) mass is 335 g/mol. The molecule has 0 aliphatic rings. The molecule has 0 aliphatic heterocycles. The van der Waals surface area contributed by atoms with Crippen LogP contribution < -0.4 is 5.32 Å². The van der Waals surface area contributed by atoms with Gasteiger partial charge in [0, 0.05) is 16.6 Å². The van der Waals surface area contributed by atoms with Crippen LogP contribution in [0.2, 0.25) is 0 Å². The standard InChI is InChI=1S/C18H14FN5O/c19-14-5-6-16-13(7-14)8-17(22-16)18(25)23-15-4-2-1-3-12(15)9-24-11-20-10-21-24/h1-8,10-11,22H,9H2,(H,23,25). The normalized spacial score (nSPS) is 10.9. The van der Waals surface area contributed by atoms with Gasteiger partial charge in [-0.2, -0.15) is 5.10 Å². The van der Waals surface area contributed by atoms with Gasteiger partial charge in [-0.05, 0) is 35.9 Å². The molecule has 0 saturated heterocycles. The summed E-state index contributed by atoms with van der Waals surface area (Å²) in [5, 5.41) is 7.62. The van der Waals surface area contributed by atoms with Crippen LogP contribution in [0.5, 0.6) is 0 Å². The number of rotatable bonds is 4. The molecular formula is C18H14FN5O. The predicted molar refractivity (Wildman–Crippen MR) is 91.8 cm³/mol. The zero-order chi connectivity index (χ0) is 17.2. The van der Waals surface area contributed by atoms with Gasteiger partial charge in [-0.15, -0.1) is 0 Å². The van der Waals surface area contributed by atoms with Crippen LogP contribution >= 0.6 is 0 Å². The van der Waals surface area contributed by atoms with Crippen LogP contribution in [0, 0.1) is 5.82 Å². The van der Waals surface area contributed by atoms with E-state index in [0.29, 0.717) is 28.8 Å². The molecule has 7 heteroatoms. The molecule has 1 amide bonds. The van der Waals surface area contributed by atoms with E-state index in [9.17, 15) is 9.18 Å². The van der Waals surface area contributed by atoms with Crippen molar-refractivity contribution in [3.05, 3.63) is 78.3 Å². The Balaban J connectivity index is 1.59. The summed E-state index contributed by atoms with van der Waals surface area (Å²) in [5.74, 6) is -0.626. The molecule has 0 saturated carbocycles. The quantitative estimate of drug-likeness (QED) is 0.601. The minimum atomic E-state index is -0.336. The highest BCUT2D eigenvalue weighted by molar-refractivity contribution is 6.06. The third-order valence-corrected chi connectivity index (χ3v) is 3.89. The third-order valence-electron chi connectivity index (χ3n) is 3.89. The molecule has 124 valence electrons. The molecule has 0 aliphatic carbocycles. The summed E-state index contributed by atoms with van der Waals surface area (Å²) >= 11 is 0. The predicted octanol–water partition coefficient (Wildman–Crippen LogP) is 3.20. The minimum absolute atomic E-state index is 0.289. The summed E-state index contributed by atoms with van der Waals surface area (Å²) in [6.07, 6.45) is 3.08. The fraction of sp³-hybridized carbons (Fsp3) is 0.0556. The number of aromatic amines is 1. The van der Waals surface area contributed by atoms with Gasteiger partial charge in [0.25, 0.3) is 5.91 Å². The van der Waals surface area contributed by atoms with E-state index in [0.717, 1.165) is 5.56 Å². The molecule has 0 bridgehead atoms. The SMILES string of the molecule is O=C(Nc1ccccc1Cn1cncn1)c1cc2cc(F)ccc2[nH]1. The van der Waals surface area contributed by atoms with Crippen molar-refractivity contribution in [1.82, 2.24) is 19.7 Å². The first-order valence-corrected chi connectivity index (χ1v) is 7.69. The first-order valence-electron chi connectivity index (χ1n) is 7.69. The molecule has 0 spiro atoms. The number of anilines is 1. The van der Waals surface area contributed by atoms with E-state index in [1.807, 2.05) is 24.3 Å². The second-order valence-corrected chi connectivity index (χ2v) is 5.62. The van der Waals surface area contributed by atoms with Crippen molar-refractivity contribution < 1.29 is 9.18 Å². The molecule has 0 radical (unpaired) electrons. The number of para-hydroxylation sites is 1. The summed E-state index contributed by atoms with van der Waals surface area (Å²) in [6, 6.07) is 13.5. The molecule has 0 atom stereocenters. The number of carbonyl (C=O) groups is 1. The zero-order valence-corrected chi connectivity index (χ0v) is 13.1. The van der Waals surface area contributed by atoms with Crippen molar-refractivity contribution in [3.8, 4) is 0 Å². The van der Waals surface area contributed by atoms with E-state index in [-0.39, 0.29) is 11.7 Å². The lowest BCUT2D eigenvalue weighted by atomic mass is 10.1. The number of halogens is 1. The molecule has 0 fully saturated rings. The number of H-pyrrole nitrogens is 1. The van der Waals surface area contributed by atoms with Crippen molar-refractivity contribution in [3.63, 3.8) is 0 Å². The van der Waals surface area contributed by atoms with Crippen LogP contribution in [-0.2, 0) is 6.54 Å². The lowest BCUT2D eigenvalue weighted by molar-refractivity contribution is 0.102. The highest BCUT2D eigenvalue weighted by atomic mass is 19.1. The maximum absolute atomic E-state index is 13.3. The highest BCUT2D eigenvalue weighted by Gasteiger charge is 2.12. The Morgan fingerprint density at radius 3 is 2.92 bits per heavy atom. The van der Waals surface area contributed by atoms with Crippen molar-refractivity contribution in [2.24, 2.45) is 0 Å². The number of hydrogen-bond acceptors (Lipinski definition) is 3. The lowest BCUT2D eigenvalue weighted by Gasteiger charge is -2.10. The number of benzene rings is 2. The Bertz CT molecular complexity index is 1040. The average molecular weight is 335 g/mol. The number of nitrogens with zero attached hydrogens (tertiary/aromatic N) is 3. The third kappa shape index (κ3) is 3.12. The van der Waals surface area contributed by atoms with Gasteiger partial charge in [0.1, 0.15) is 24.2 Å². The maximum Gasteiger partial charge on any atom is 0.272 e.